The topological polar surface area (TPSA) is 12.0 Å². The minimum absolute atomic E-state index is 0.0368. The maximum absolute atomic E-state index is 13.3. The molecule has 19 heavy (non-hydrogen) atoms. The molecule has 2 aromatic rings. The molecule has 0 atom stereocenters. The van der Waals surface area contributed by atoms with Crippen LogP contribution < -0.4 is 5.32 Å². The molecule has 2 rings (SSSR count). The van der Waals surface area contributed by atoms with E-state index in [2.05, 4.69) is 5.32 Å². The summed E-state index contributed by atoms with van der Waals surface area (Å²) < 4.78 is 39.5. The minimum atomic E-state index is -0.502. The fourth-order valence-electron chi connectivity index (χ4n) is 1.70. The van der Waals surface area contributed by atoms with Gasteiger partial charge in [-0.2, -0.15) is 0 Å². The van der Waals surface area contributed by atoms with E-state index in [0.717, 1.165) is 18.2 Å². The zero-order valence-corrected chi connectivity index (χ0v) is 10.6. The standard InChI is InChI=1S/C14H11ClF3N/c15-14-9(2-1-3-13(14)18)7-19-8-10-6-11(16)4-5-12(10)17/h1-6,19H,7-8H2. The van der Waals surface area contributed by atoms with Crippen molar-refractivity contribution >= 4 is 11.6 Å². The molecule has 0 saturated carbocycles. The van der Waals surface area contributed by atoms with E-state index in [4.69, 9.17) is 11.6 Å². The second-order valence-corrected chi connectivity index (χ2v) is 4.43. The highest BCUT2D eigenvalue weighted by molar-refractivity contribution is 6.31. The molecule has 0 fully saturated rings. The monoisotopic (exact) mass is 285 g/mol. The van der Waals surface area contributed by atoms with Gasteiger partial charge in [-0.15, -0.1) is 0 Å². The van der Waals surface area contributed by atoms with Crippen LogP contribution in [0.15, 0.2) is 36.4 Å². The number of hydrogen-bond donors (Lipinski definition) is 1. The first-order valence-electron chi connectivity index (χ1n) is 5.65. The molecule has 0 heterocycles. The molecular weight excluding hydrogens is 275 g/mol. The van der Waals surface area contributed by atoms with Crippen molar-refractivity contribution < 1.29 is 13.2 Å². The van der Waals surface area contributed by atoms with E-state index in [0.29, 0.717) is 5.56 Å². The van der Waals surface area contributed by atoms with E-state index in [-0.39, 0.29) is 23.7 Å². The van der Waals surface area contributed by atoms with E-state index < -0.39 is 17.5 Å². The molecule has 0 aromatic heterocycles. The molecule has 5 heteroatoms. The zero-order valence-electron chi connectivity index (χ0n) is 9.89. The summed E-state index contributed by atoms with van der Waals surface area (Å²) in [4.78, 5) is 0. The van der Waals surface area contributed by atoms with Crippen LogP contribution in [-0.4, -0.2) is 0 Å². The second-order valence-electron chi connectivity index (χ2n) is 4.05. The Labute approximate surface area is 114 Å². The van der Waals surface area contributed by atoms with Crippen molar-refractivity contribution in [1.29, 1.82) is 0 Å². The van der Waals surface area contributed by atoms with Gasteiger partial charge in [0, 0.05) is 18.7 Å². The highest BCUT2D eigenvalue weighted by Crippen LogP contribution is 2.19. The maximum Gasteiger partial charge on any atom is 0.142 e. The summed E-state index contributed by atoms with van der Waals surface area (Å²) in [6.07, 6.45) is 0. The molecule has 0 spiro atoms. The van der Waals surface area contributed by atoms with Gasteiger partial charge in [0.25, 0.3) is 0 Å². The molecule has 0 bridgehead atoms. The predicted octanol–water partition coefficient (Wildman–Crippen LogP) is 4.05. The molecule has 0 saturated heterocycles. The molecule has 100 valence electrons. The Morgan fingerprint density at radius 3 is 2.42 bits per heavy atom. The summed E-state index contributed by atoms with van der Waals surface area (Å²) in [5.41, 5.74) is 0.783. The Hall–Kier alpha value is -1.52. The highest BCUT2D eigenvalue weighted by atomic mass is 35.5. The first kappa shape index (κ1) is 13.9. The first-order chi connectivity index (χ1) is 9.08. The highest BCUT2D eigenvalue weighted by Gasteiger charge is 2.07. The summed E-state index contributed by atoms with van der Waals surface area (Å²) in [6, 6.07) is 7.72. The Morgan fingerprint density at radius 2 is 1.63 bits per heavy atom. The van der Waals surface area contributed by atoms with Crippen LogP contribution in [0.2, 0.25) is 5.02 Å². The van der Waals surface area contributed by atoms with Crippen LogP contribution >= 0.6 is 11.6 Å². The van der Waals surface area contributed by atoms with Crippen LogP contribution in [0.3, 0.4) is 0 Å². The van der Waals surface area contributed by atoms with Gasteiger partial charge in [-0.3, -0.25) is 0 Å². The number of hydrogen-bond acceptors (Lipinski definition) is 1. The quantitative estimate of drug-likeness (QED) is 0.894. The van der Waals surface area contributed by atoms with Crippen molar-refractivity contribution in [2.75, 3.05) is 0 Å². The van der Waals surface area contributed by atoms with Crippen molar-refractivity contribution in [1.82, 2.24) is 5.32 Å². The Balaban J connectivity index is 2.00. The summed E-state index contributed by atoms with van der Waals surface area (Å²) >= 11 is 5.78. The lowest BCUT2D eigenvalue weighted by molar-refractivity contribution is 0.567. The van der Waals surface area contributed by atoms with Crippen LogP contribution in [-0.2, 0) is 13.1 Å². The Morgan fingerprint density at radius 1 is 0.895 bits per heavy atom. The fourth-order valence-corrected chi connectivity index (χ4v) is 1.89. The molecule has 0 unspecified atom stereocenters. The van der Waals surface area contributed by atoms with Crippen molar-refractivity contribution in [3.05, 3.63) is 70.0 Å². The van der Waals surface area contributed by atoms with Crippen LogP contribution in [0.25, 0.3) is 0 Å². The molecular formula is C14H11ClF3N. The number of benzene rings is 2. The molecule has 1 nitrogen and oxygen atoms in total. The van der Waals surface area contributed by atoms with Crippen LogP contribution in [0.4, 0.5) is 13.2 Å². The zero-order chi connectivity index (χ0) is 13.8. The fraction of sp³-hybridized carbons (Fsp3) is 0.143. The summed E-state index contributed by atoms with van der Waals surface area (Å²) in [7, 11) is 0. The lowest BCUT2D eigenvalue weighted by Gasteiger charge is -2.08. The average Bonchev–Trinajstić information content (AvgIpc) is 2.38. The van der Waals surface area contributed by atoms with E-state index in [9.17, 15) is 13.2 Å². The van der Waals surface area contributed by atoms with Gasteiger partial charge in [-0.05, 0) is 29.8 Å². The molecule has 1 N–H and O–H groups in total. The third kappa shape index (κ3) is 3.49. The number of nitrogens with one attached hydrogen (secondary N) is 1. The molecule has 0 aliphatic carbocycles. The smallest absolute Gasteiger partial charge is 0.142 e. The summed E-state index contributed by atoms with van der Waals surface area (Å²) in [5, 5.41) is 2.93. The predicted molar refractivity (Wildman–Crippen MR) is 68.3 cm³/mol. The molecule has 0 amide bonds. The number of rotatable bonds is 4. The van der Waals surface area contributed by atoms with Gasteiger partial charge >= 0.3 is 0 Å². The third-order valence-electron chi connectivity index (χ3n) is 2.67. The van der Waals surface area contributed by atoms with Crippen molar-refractivity contribution in [3.63, 3.8) is 0 Å². The van der Waals surface area contributed by atoms with Crippen molar-refractivity contribution in [2.24, 2.45) is 0 Å². The van der Waals surface area contributed by atoms with Crippen LogP contribution in [0, 0.1) is 17.5 Å². The van der Waals surface area contributed by atoms with Gasteiger partial charge in [0.1, 0.15) is 17.5 Å². The van der Waals surface area contributed by atoms with E-state index in [1.807, 2.05) is 0 Å². The van der Waals surface area contributed by atoms with Gasteiger partial charge in [0.15, 0.2) is 0 Å². The summed E-state index contributed by atoms with van der Waals surface area (Å²) in [5.74, 6) is -1.49. The molecule has 0 aliphatic heterocycles. The lowest BCUT2D eigenvalue weighted by atomic mass is 10.2. The van der Waals surface area contributed by atoms with Crippen molar-refractivity contribution in [2.45, 2.75) is 13.1 Å². The Bertz CT molecular complexity index is 585. The average molecular weight is 286 g/mol. The van der Waals surface area contributed by atoms with E-state index >= 15 is 0 Å². The second kappa shape index (κ2) is 6.08. The molecule has 2 aromatic carbocycles. The Kier molecular flexibility index (Phi) is 4.45. The maximum atomic E-state index is 13.3. The van der Waals surface area contributed by atoms with Gasteiger partial charge in [0.05, 0.1) is 5.02 Å². The van der Waals surface area contributed by atoms with Crippen LogP contribution in [0.1, 0.15) is 11.1 Å². The normalized spacial score (nSPS) is 10.7. The van der Waals surface area contributed by atoms with Gasteiger partial charge in [0.2, 0.25) is 0 Å². The van der Waals surface area contributed by atoms with Crippen LogP contribution in [0.5, 0.6) is 0 Å². The largest absolute Gasteiger partial charge is 0.308 e. The van der Waals surface area contributed by atoms with E-state index in [1.165, 1.54) is 6.07 Å². The SMILES string of the molecule is Fc1ccc(F)c(CNCc2cccc(F)c2Cl)c1. The van der Waals surface area contributed by atoms with Gasteiger partial charge in [-0.1, -0.05) is 23.7 Å². The van der Waals surface area contributed by atoms with Gasteiger partial charge < -0.3 is 5.32 Å². The number of halogens is 4. The van der Waals surface area contributed by atoms with E-state index in [1.54, 1.807) is 12.1 Å². The van der Waals surface area contributed by atoms with Gasteiger partial charge in [-0.25, -0.2) is 13.2 Å². The first-order valence-corrected chi connectivity index (χ1v) is 6.03. The minimum Gasteiger partial charge on any atom is -0.308 e. The molecule has 0 radical (unpaired) electrons. The van der Waals surface area contributed by atoms with Crippen molar-refractivity contribution in [3.8, 4) is 0 Å². The lowest BCUT2D eigenvalue weighted by Crippen LogP contribution is -2.14. The summed E-state index contributed by atoms with van der Waals surface area (Å²) in [6.45, 7) is 0.406. The molecule has 0 aliphatic rings. The third-order valence-corrected chi connectivity index (χ3v) is 3.09.